The van der Waals surface area contributed by atoms with Crippen LogP contribution in [0.4, 0.5) is 0 Å². The Morgan fingerprint density at radius 2 is 2.00 bits per heavy atom. The summed E-state index contributed by atoms with van der Waals surface area (Å²) in [6.07, 6.45) is 3.51. The largest absolute Gasteiger partial charge is 0.485 e. The molecule has 1 aromatic rings. The monoisotopic (exact) mass is 276 g/mol. The van der Waals surface area contributed by atoms with Crippen molar-refractivity contribution in [3.63, 3.8) is 0 Å². The van der Waals surface area contributed by atoms with Crippen molar-refractivity contribution in [2.45, 2.75) is 37.3 Å². The fourth-order valence-corrected chi connectivity index (χ4v) is 2.92. The highest BCUT2D eigenvalue weighted by Crippen LogP contribution is 2.32. The first-order valence-electron chi connectivity index (χ1n) is 7.13. The summed E-state index contributed by atoms with van der Waals surface area (Å²) < 4.78 is 11.3. The lowest BCUT2D eigenvalue weighted by Crippen LogP contribution is -2.56. The molecule has 5 heteroatoms. The van der Waals surface area contributed by atoms with Crippen LogP contribution in [0.3, 0.4) is 0 Å². The van der Waals surface area contributed by atoms with Gasteiger partial charge < -0.3 is 20.5 Å². The van der Waals surface area contributed by atoms with Crippen LogP contribution < -0.4 is 20.5 Å². The number of benzene rings is 1. The molecular formula is C15H20N2O3. The van der Waals surface area contributed by atoms with E-state index >= 15 is 0 Å². The number of carbonyl (C=O) groups excluding carboxylic acids is 1. The van der Waals surface area contributed by atoms with Gasteiger partial charge >= 0.3 is 0 Å². The number of amides is 1. The van der Waals surface area contributed by atoms with Crippen LogP contribution in [0, 0.1) is 0 Å². The number of hydrogen-bond acceptors (Lipinski definition) is 4. The molecule has 20 heavy (non-hydrogen) atoms. The molecule has 0 spiro atoms. The van der Waals surface area contributed by atoms with Gasteiger partial charge in [-0.1, -0.05) is 25.0 Å². The third kappa shape index (κ3) is 2.45. The van der Waals surface area contributed by atoms with E-state index in [0.29, 0.717) is 18.0 Å². The molecule has 5 nitrogen and oxygen atoms in total. The minimum absolute atomic E-state index is 0.133. The highest BCUT2D eigenvalue weighted by atomic mass is 16.6. The smallest absolute Gasteiger partial charge is 0.265 e. The Balaban J connectivity index is 1.67. The zero-order chi connectivity index (χ0) is 14.0. The van der Waals surface area contributed by atoms with Crippen LogP contribution in [0.25, 0.3) is 0 Å². The van der Waals surface area contributed by atoms with Crippen molar-refractivity contribution in [1.29, 1.82) is 0 Å². The zero-order valence-electron chi connectivity index (χ0n) is 11.4. The number of hydrogen-bond donors (Lipinski definition) is 2. The Morgan fingerprint density at radius 3 is 2.70 bits per heavy atom. The van der Waals surface area contributed by atoms with Gasteiger partial charge in [-0.3, -0.25) is 4.79 Å². The molecule has 1 unspecified atom stereocenters. The van der Waals surface area contributed by atoms with Gasteiger partial charge in [-0.15, -0.1) is 0 Å². The second kappa shape index (κ2) is 5.32. The van der Waals surface area contributed by atoms with E-state index in [9.17, 15) is 4.79 Å². The molecular weight excluding hydrogens is 256 g/mol. The maximum absolute atomic E-state index is 12.4. The van der Waals surface area contributed by atoms with Crippen LogP contribution in [-0.4, -0.2) is 30.7 Å². The molecule has 1 fully saturated rings. The van der Waals surface area contributed by atoms with E-state index in [1.165, 1.54) is 0 Å². The Labute approximate surface area is 118 Å². The molecule has 1 aliphatic carbocycles. The van der Waals surface area contributed by atoms with Crippen molar-refractivity contribution in [3.05, 3.63) is 24.3 Å². The fraction of sp³-hybridized carbons (Fsp3) is 0.533. The maximum atomic E-state index is 12.4. The second-order valence-electron chi connectivity index (χ2n) is 5.55. The quantitative estimate of drug-likeness (QED) is 0.870. The second-order valence-corrected chi connectivity index (χ2v) is 5.55. The van der Waals surface area contributed by atoms with E-state index in [2.05, 4.69) is 5.32 Å². The van der Waals surface area contributed by atoms with Crippen molar-refractivity contribution in [2.24, 2.45) is 5.73 Å². The van der Waals surface area contributed by atoms with E-state index < -0.39 is 6.10 Å². The summed E-state index contributed by atoms with van der Waals surface area (Å²) in [5, 5.41) is 3.07. The molecule has 108 valence electrons. The van der Waals surface area contributed by atoms with Gasteiger partial charge in [-0.2, -0.15) is 0 Å². The Hall–Kier alpha value is -1.75. The molecule has 1 amide bonds. The molecule has 0 saturated heterocycles. The Bertz CT molecular complexity index is 498. The fourth-order valence-electron chi connectivity index (χ4n) is 2.92. The van der Waals surface area contributed by atoms with Gasteiger partial charge in [0.25, 0.3) is 5.91 Å². The first-order chi connectivity index (χ1) is 9.72. The molecule has 1 heterocycles. The van der Waals surface area contributed by atoms with Gasteiger partial charge in [0.05, 0.1) is 5.54 Å². The standard InChI is InChI=1S/C15H20N2O3/c16-10-15(7-3-4-8-15)17-14(18)13-9-19-11-5-1-2-6-12(11)20-13/h1-2,5-6,13H,3-4,7-10,16H2,(H,17,18). The summed E-state index contributed by atoms with van der Waals surface area (Å²) in [7, 11) is 0. The summed E-state index contributed by atoms with van der Waals surface area (Å²) in [4.78, 5) is 12.4. The predicted molar refractivity (Wildman–Crippen MR) is 74.7 cm³/mol. The van der Waals surface area contributed by atoms with Gasteiger partial charge in [0.2, 0.25) is 6.10 Å². The number of rotatable bonds is 3. The van der Waals surface area contributed by atoms with Crippen LogP contribution in [0.15, 0.2) is 24.3 Å². The molecule has 0 bridgehead atoms. The van der Waals surface area contributed by atoms with Crippen LogP contribution in [-0.2, 0) is 4.79 Å². The molecule has 1 atom stereocenters. The lowest BCUT2D eigenvalue weighted by Gasteiger charge is -2.32. The van der Waals surface area contributed by atoms with E-state index in [4.69, 9.17) is 15.2 Å². The summed E-state index contributed by atoms with van der Waals surface area (Å²) in [6.45, 7) is 0.715. The van der Waals surface area contributed by atoms with Crippen molar-refractivity contribution in [2.75, 3.05) is 13.2 Å². The highest BCUT2D eigenvalue weighted by Gasteiger charge is 2.37. The van der Waals surface area contributed by atoms with Gasteiger partial charge in [0.15, 0.2) is 11.5 Å². The van der Waals surface area contributed by atoms with E-state index in [1.54, 1.807) is 0 Å². The van der Waals surface area contributed by atoms with E-state index in [1.807, 2.05) is 24.3 Å². The van der Waals surface area contributed by atoms with Crippen LogP contribution in [0.1, 0.15) is 25.7 Å². The minimum atomic E-state index is -0.603. The molecule has 1 aliphatic heterocycles. The van der Waals surface area contributed by atoms with Crippen molar-refractivity contribution in [1.82, 2.24) is 5.32 Å². The first kappa shape index (κ1) is 13.2. The average molecular weight is 276 g/mol. The Kier molecular flexibility index (Phi) is 3.53. The first-order valence-corrected chi connectivity index (χ1v) is 7.13. The number of carbonyl (C=O) groups is 1. The Morgan fingerprint density at radius 1 is 1.30 bits per heavy atom. The number of ether oxygens (including phenoxy) is 2. The molecule has 3 rings (SSSR count). The number of nitrogens with one attached hydrogen (secondary N) is 1. The topological polar surface area (TPSA) is 73.6 Å². The normalized spacial score (nSPS) is 23.4. The van der Waals surface area contributed by atoms with Crippen LogP contribution in [0.5, 0.6) is 11.5 Å². The van der Waals surface area contributed by atoms with Gasteiger partial charge in [0, 0.05) is 6.54 Å². The zero-order valence-corrected chi connectivity index (χ0v) is 11.4. The summed E-state index contributed by atoms with van der Waals surface area (Å²) in [6, 6.07) is 7.39. The van der Waals surface area contributed by atoms with Gasteiger partial charge in [-0.05, 0) is 25.0 Å². The summed E-state index contributed by atoms with van der Waals surface area (Å²) >= 11 is 0. The number of para-hydroxylation sites is 2. The maximum Gasteiger partial charge on any atom is 0.265 e. The molecule has 0 aromatic heterocycles. The van der Waals surface area contributed by atoms with Gasteiger partial charge in [-0.25, -0.2) is 0 Å². The third-order valence-corrected chi connectivity index (χ3v) is 4.14. The SMILES string of the molecule is NCC1(NC(=O)C2COc3ccccc3O2)CCCC1. The lowest BCUT2D eigenvalue weighted by molar-refractivity contribution is -0.132. The lowest BCUT2D eigenvalue weighted by atomic mass is 9.97. The van der Waals surface area contributed by atoms with Crippen molar-refractivity contribution < 1.29 is 14.3 Å². The van der Waals surface area contributed by atoms with Crippen LogP contribution in [0.2, 0.25) is 0 Å². The summed E-state index contributed by atoms with van der Waals surface area (Å²) in [5.41, 5.74) is 5.58. The van der Waals surface area contributed by atoms with Crippen molar-refractivity contribution >= 4 is 5.91 Å². The molecule has 1 saturated carbocycles. The molecule has 2 aliphatic rings. The number of fused-ring (bicyclic) bond motifs is 1. The summed E-state index contributed by atoms with van der Waals surface area (Å²) in [5.74, 6) is 1.17. The minimum Gasteiger partial charge on any atom is -0.485 e. The van der Waals surface area contributed by atoms with Gasteiger partial charge in [0.1, 0.15) is 6.61 Å². The number of nitrogens with two attached hydrogens (primary N) is 1. The highest BCUT2D eigenvalue weighted by molar-refractivity contribution is 5.82. The molecule has 0 radical (unpaired) electrons. The van der Waals surface area contributed by atoms with Crippen molar-refractivity contribution in [3.8, 4) is 11.5 Å². The third-order valence-electron chi connectivity index (χ3n) is 4.14. The van der Waals surface area contributed by atoms with E-state index in [-0.39, 0.29) is 18.1 Å². The van der Waals surface area contributed by atoms with E-state index in [0.717, 1.165) is 25.7 Å². The molecule has 1 aromatic carbocycles. The predicted octanol–water partition coefficient (Wildman–Crippen LogP) is 1.21. The van der Waals surface area contributed by atoms with Crippen LogP contribution >= 0.6 is 0 Å². The molecule has 3 N–H and O–H groups in total. The average Bonchev–Trinajstić information content (AvgIpc) is 2.96.